The number of carbonyl (C=O) groups excluding carboxylic acids is 1. The van der Waals surface area contributed by atoms with Crippen LogP contribution in [-0.4, -0.2) is 24.4 Å². The lowest BCUT2D eigenvalue weighted by atomic mass is 9.90. The molecule has 0 aromatic heterocycles. The van der Waals surface area contributed by atoms with E-state index in [1.165, 1.54) is 7.11 Å². The van der Waals surface area contributed by atoms with Gasteiger partial charge in [-0.3, -0.25) is 4.79 Å². The van der Waals surface area contributed by atoms with Gasteiger partial charge in [0.2, 0.25) is 0 Å². The molecule has 1 unspecified atom stereocenters. The van der Waals surface area contributed by atoms with Crippen LogP contribution < -0.4 is 10.1 Å². The van der Waals surface area contributed by atoms with E-state index < -0.39 is 0 Å². The molecule has 0 aliphatic carbocycles. The van der Waals surface area contributed by atoms with Gasteiger partial charge in [0.1, 0.15) is 5.75 Å². The van der Waals surface area contributed by atoms with E-state index in [2.05, 4.69) is 42.0 Å². The second-order valence-electron chi connectivity index (χ2n) is 5.92. The number of methoxy groups -OCH3 is 1. The SMILES string of the molecule is COc1cc(Cl)ccc1C(=O)NCC(Br)CC(C)(C)C. The van der Waals surface area contributed by atoms with Gasteiger partial charge in [0, 0.05) is 16.4 Å². The summed E-state index contributed by atoms with van der Waals surface area (Å²) in [4.78, 5) is 12.4. The molecule has 0 saturated carbocycles. The average molecular weight is 363 g/mol. The zero-order chi connectivity index (χ0) is 15.3. The predicted octanol–water partition coefficient (Wildman–Crippen LogP) is 4.28. The van der Waals surface area contributed by atoms with Crippen molar-refractivity contribution in [2.75, 3.05) is 13.7 Å². The van der Waals surface area contributed by atoms with Crippen molar-refractivity contribution in [2.24, 2.45) is 5.41 Å². The molecule has 1 rings (SSSR count). The predicted molar refractivity (Wildman–Crippen MR) is 87.1 cm³/mol. The van der Waals surface area contributed by atoms with Crippen LogP contribution in [0.5, 0.6) is 5.75 Å². The van der Waals surface area contributed by atoms with Crippen LogP contribution in [0.1, 0.15) is 37.6 Å². The summed E-state index contributed by atoms with van der Waals surface area (Å²) in [5.41, 5.74) is 0.712. The number of hydrogen-bond acceptors (Lipinski definition) is 2. The second kappa shape index (κ2) is 7.32. The van der Waals surface area contributed by atoms with E-state index in [1.807, 2.05) is 0 Å². The standard InChI is InChI=1S/C15H21BrClNO2/c1-15(2,3)8-10(16)9-18-14(19)12-6-5-11(17)7-13(12)20-4/h5-7,10H,8-9H2,1-4H3,(H,18,19). The molecular formula is C15H21BrClNO2. The number of benzene rings is 1. The Morgan fingerprint density at radius 1 is 1.45 bits per heavy atom. The maximum absolute atomic E-state index is 12.2. The van der Waals surface area contributed by atoms with Crippen LogP contribution in [-0.2, 0) is 0 Å². The quantitative estimate of drug-likeness (QED) is 0.794. The molecule has 1 aromatic carbocycles. The number of rotatable bonds is 5. The number of halogens is 2. The number of ether oxygens (including phenoxy) is 1. The van der Waals surface area contributed by atoms with Crippen molar-refractivity contribution in [2.45, 2.75) is 32.0 Å². The van der Waals surface area contributed by atoms with Crippen LogP contribution in [0, 0.1) is 5.41 Å². The molecular weight excluding hydrogens is 342 g/mol. The monoisotopic (exact) mass is 361 g/mol. The molecule has 0 saturated heterocycles. The van der Waals surface area contributed by atoms with Crippen LogP contribution in [0.15, 0.2) is 18.2 Å². The van der Waals surface area contributed by atoms with E-state index in [9.17, 15) is 4.79 Å². The highest BCUT2D eigenvalue weighted by Crippen LogP contribution is 2.25. The maximum atomic E-state index is 12.2. The van der Waals surface area contributed by atoms with Gasteiger partial charge in [-0.15, -0.1) is 0 Å². The van der Waals surface area contributed by atoms with Crippen molar-refractivity contribution in [3.63, 3.8) is 0 Å². The molecule has 1 N–H and O–H groups in total. The first-order valence-electron chi connectivity index (χ1n) is 6.49. The number of carbonyl (C=O) groups is 1. The Morgan fingerprint density at radius 3 is 2.65 bits per heavy atom. The van der Waals surface area contributed by atoms with Gasteiger partial charge in [0.15, 0.2) is 0 Å². The van der Waals surface area contributed by atoms with Crippen molar-refractivity contribution < 1.29 is 9.53 Å². The van der Waals surface area contributed by atoms with Gasteiger partial charge < -0.3 is 10.1 Å². The van der Waals surface area contributed by atoms with Crippen LogP contribution in [0.4, 0.5) is 0 Å². The Kier molecular flexibility index (Phi) is 6.34. The third-order valence-electron chi connectivity index (χ3n) is 2.73. The molecule has 0 aliphatic heterocycles. The lowest BCUT2D eigenvalue weighted by Gasteiger charge is -2.22. The van der Waals surface area contributed by atoms with Gasteiger partial charge in [-0.1, -0.05) is 48.3 Å². The molecule has 1 aromatic rings. The summed E-state index contributed by atoms with van der Waals surface area (Å²) < 4.78 is 5.18. The Morgan fingerprint density at radius 2 is 2.10 bits per heavy atom. The largest absolute Gasteiger partial charge is 0.496 e. The van der Waals surface area contributed by atoms with Crippen molar-refractivity contribution in [3.8, 4) is 5.75 Å². The first-order valence-corrected chi connectivity index (χ1v) is 7.78. The zero-order valence-corrected chi connectivity index (χ0v) is 14.6. The lowest BCUT2D eigenvalue weighted by Crippen LogP contribution is -2.31. The Hall–Kier alpha value is -0.740. The van der Waals surface area contributed by atoms with Crippen LogP contribution in [0.25, 0.3) is 0 Å². The molecule has 1 amide bonds. The minimum Gasteiger partial charge on any atom is -0.496 e. The van der Waals surface area contributed by atoms with Gasteiger partial charge in [-0.05, 0) is 30.0 Å². The lowest BCUT2D eigenvalue weighted by molar-refractivity contribution is 0.0949. The van der Waals surface area contributed by atoms with Crippen molar-refractivity contribution in [1.82, 2.24) is 5.32 Å². The molecule has 5 heteroatoms. The first kappa shape index (κ1) is 17.3. The van der Waals surface area contributed by atoms with Gasteiger partial charge in [0.05, 0.1) is 12.7 Å². The normalized spacial score (nSPS) is 12.9. The summed E-state index contributed by atoms with van der Waals surface area (Å²) in [7, 11) is 1.52. The highest BCUT2D eigenvalue weighted by molar-refractivity contribution is 9.09. The van der Waals surface area contributed by atoms with E-state index >= 15 is 0 Å². The summed E-state index contributed by atoms with van der Waals surface area (Å²) >= 11 is 9.48. The number of nitrogens with one attached hydrogen (secondary N) is 1. The summed E-state index contributed by atoms with van der Waals surface area (Å²) in [5.74, 6) is 0.328. The number of alkyl halides is 1. The first-order chi connectivity index (χ1) is 9.23. The molecule has 0 spiro atoms. The van der Waals surface area contributed by atoms with Crippen LogP contribution >= 0.6 is 27.5 Å². The molecule has 0 radical (unpaired) electrons. The summed E-state index contributed by atoms with van der Waals surface area (Å²) in [5, 5.41) is 3.45. The van der Waals surface area contributed by atoms with Crippen LogP contribution in [0.2, 0.25) is 5.02 Å². The Balaban J connectivity index is 2.64. The van der Waals surface area contributed by atoms with E-state index in [-0.39, 0.29) is 16.1 Å². The average Bonchev–Trinajstić information content (AvgIpc) is 2.33. The fourth-order valence-corrected chi connectivity index (χ4v) is 3.18. The minimum atomic E-state index is -0.156. The number of hydrogen-bond donors (Lipinski definition) is 1. The molecule has 0 heterocycles. The van der Waals surface area contributed by atoms with E-state index in [4.69, 9.17) is 16.3 Å². The molecule has 20 heavy (non-hydrogen) atoms. The van der Waals surface area contributed by atoms with Gasteiger partial charge in [-0.2, -0.15) is 0 Å². The molecule has 0 fully saturated rings. The van der Waals surface area contributed by atoms with Crippen molar-refractivity contribution >= 4 is 33.4 Å². The third kappa shape index (κ3) is 5.71. The zero-order valence-electron chi connectivity index (χ0n) is 12.3. The fraction of sp³-hybridized carbons (Fsp3) is 0.533. The highest BCUT2D eigenvalue weighted by atomic mass is 79.9. The molecule has 112 valence electrons. The van der Waals surface area contributed by atoms with Gasteiger partial charge >= 0.3 is 0 Å². The van der Waals surface area contributed by atoms with Crippen LogP contribution in [0.3, 0.4) is 0 Å². The van der Waals surface area contributed by atoms with E-state index in [1.54, 1.807) is 18.2 Å². The Bertz CT molecular complexity index is 471. The van der Waals surface area contributed by atoms with E-state index in [0.717, 1.165) is 6.42 Å². The summed E-state index contributed by atoms with van der Waals surface area (Å²) in [6, 6.07) is 4.99. The molecule has 1 atom stereocenters. The number of amides is 1. The maximum Gasteiger partial charge on any atom is 0.255 e. The second-order valence-corrected chi connectivity index (χ2v) is 7.65. The minimum absolute atomic E-state index is 0.156. The van der Waals surface area contributed by atoms with Crippen molar-refractivity contribution in [1.29, 1.82) is 0 Å². The molecule has 0 bridgehead atoms. The summed E-state index contributed by atoms with van der Waals surface area (Å²) in [6.07, 6.45) is 0.977. The summed E-state index contributed by atoms with van der Waals surface area (Å²) in [6.45, 7) is 7.09. The smallest absolute Gasteiger partial charge is 0.255 e. The molecule has 0 aliphatic rings. The topological polar surface area (TPSA) is 38.3 Å². The van der Waals surface area contributed by atoms with Gasteiger partial charge in [0.25, 0.3) is 5.91 Å². The molecule has 3 nitrogen and oxygen atoms in total. The van der Waals surface area contributed by atoms with Gasteiger partial charge in [-0.25, -0.2) is 0 Å². The van der Waals surface area contributed by atoms with E-state index in [0.29, 0.717) is 22.9 Å². The highest BCUT2D eigenvalue weighted by Gasteiger charge is 2.18. The fourth-order valence-electron chi connectivity index (χ4n) is 1.89. The Labute approximate surface area is 134 Å². The van der Waals surface area contributed by atoms with Crippen molar-refractivity contribution in [3.05, 3.63) is 28.8 Å². The third-order valence-corrected chi connectivity index (χ3v) is 3.61.